The van der Waals surface area contributed by atoms with Gasteiger partial charge in [-0.1, -0.05) is 57.2 Å². The first-order chi connectivity index (χ1) is 16.3. The molecule has 0 saturated carbocycles. The maximum atomic E-state index is 6.61. The van der Waals surface area contributed by atoms with Gasteiger partial charge in [0, 0.05) is 37.9 Å². The molecule has 0 radical (unpaired) electrons. The third kappa shape index (κ3) is 3.35. The van der Waals surface area contributed by atoms with E-state index in [4.69, 9.17) is 9.40 Å². The summed E-state index contributed by atoms with van der Waals surface area (Å²) >= 11 is 1.82. The van der Waals surface area contributed by atoms with E-state index in [0.29, 0.717) is 0 Å². The predicted octanol–water partition coefficient (Wildman–Crippen LogP) is 9.44. The zero-order valence-electron chi connectivity index (χ0n) is 20.2. The Labute approximate surface area is 203 Å². The minimum absolute atomic E-state index is 0.0159. The van der Waals surface area contributed by atoms with Crippen molar-refractivity contribution in [2.45, 2.75) is 40.0 Å². The molecule has 0 bridgehead atoms. The molecule has 3 aromatic heterocycles. The molecule has 3 heterocycles. The van der Waals surface area contributed by atoms with Crippen LogP contribution >= 0.6 is 11.3 Å². The Morgan fingerprint density at radius 1 is 0.794 bits per heavy atom. The lowest BCUT2D eigenvalue weighted by atomic mass is 9.82. The molecular weight excluding hydrogens is 434 g/mol. The minimum atomic E-state index is 0.0159. The van der Waals surface area contributed by atoms with Gasteiger partial charge in [0.25, 0.3) is 0 Å². The molecule has 0 amide bonds. The summed E-state index contributed by atoms with van der Waals surface area (Å²) in [6.07, 6.45) is 1.90. The van der Waals surface area contributed by atoms with Crippen LogP contribution < -0.4 is 0 Å². The van der Waals surface area contributed by atoms with E-state index < -0.39 is 0 Å². The number of hydrogen-bond acceptors (Lipinski definition) is 3. The highest BCUT2D eigenvalue weighted by molar-refractivity contribution is 7.19. The van der Waals surface area contributed by atoms with E-state index in [1.165, 1.54) is 31.3 Å². The number of furan rings is 1. The van der Waals surface area contributed by atoms with Crippen LogP contribution in [0.15, 0.2) is 77.3 Å². The molecule has 0 spiro atoms. The third-order valence-electron chi connectivity index (χ3n) is 6.70. The quantitative estimate of drug-likeness (QED) is 0.257. The van der Waals surface area contributed by atoms with E-state index in [9.17, 15) is 0 Å². The number of thiophene rings is 1. The van der Waals surface area contributed by atoms with Crippen molar-refractivity contribution in [1.82, 2.24) is 4.98 Å². The van der Waals surface area contributed by atoms with Gasteiger partial charge in [-0.25, -0.2) is 0 Å². The molecule has 0 aliphatic heterocycles. The molecule has 6 aromatic rings. The highest BCUT2D eigenvalue weighted by Crippen LogP contribution is 2.41. The number of pyridine rings is 1. The molecular formula is C31H27NOS. The zero-order valence-corrected chi connectivity index (χ0v) is 21.0. The summed E-state index contributed by atoms with van der Waals surface area (Å²) in [5.74, 6) is 0.925. The standard InChI is InChI=1S/C31H27NOS/c1-18-14-21-10-11-22(17-27(21)34-18)29-19(2)24-12-13-32-28(30(24)33-29)23-15-20-8-6-7-9-25(20)26(16-23)31(3,4)5/h6-17H,1-5H3. The van der Waals surface area contributed by atoms with Crippen molar-refractivity contribution in [3.63, 3.8) is 0 Å². The fourth-order valence-electron chi connectivity index (χ4n) is 5.00. The predicted molar refractivity (Wildman–Crippen MR) is 146 cm³/mol. The Kier molecular flexibility index (Phi) is 4.69. The van der Waals surface area contributed by atoms with Gasteiger partial charge >= 0.3 is 0 Å². The first-order valence-corrected chi connectivity index (χ1v) is 12.5. The number of benzene rings is 3. The number of aromatic nitrogens is 1. The molecule has 34 heavy (non-hydrogen) atoms. The third-order valence-corrected chi connectivity index (χ3v) is 7.72. The second kappa shape index (κ2) is 7.54. The van der Waals surface area contributed by atoms with Crippen LogP contribution in [-0.4, -0.2) is 4.98 Å². The maximum absolute atomic E-state index is 6.61. The van der Waals surface area contributed by atoms with Crippen LogP contribution in [-0.2, 0) is 5.41 Å². The fourth-order valence-corrected chi connectivity index (χ4v) is 5.97. The molecule has 0 unspecified atom stereocenters. The molecule has 3 aromatic carbocycles. The fraction of sp³-hybridized carbons (Fsp3) is 0.194. The molecule has 0 aliphatic rings. The summed E-state index contributed by atoms with van der Waals surface area (Å²) in [4.78, 5) is 6.14. The Morgan fingerprint density at radius 2 is 1.62 bits per heavy atom. The van der Waals surface area contributed by atoms with Crippen LogP contribution in [0.4, 0.5) is 0 Å². The minimum Gasteiger partial charge on any atom is -0.453 e. The Hall–Kier alpha value is -3.43. The van der Waals surface area contributed by atoms with Gasteiger partial charge in [0.1, 0.15) is 11.5 Å². The normalized spacial score (nSPS) is 12.3. The van der Waals surface area contributed by atoms with E-state index >= 15 is 0 Å². The molecule has 0 saturated heterocycles. The van der Waals surface area contributed by atoms with Gasteiger partial charge in [-0.2, -0.15) is 0 Å². The number of nitrogens with zero attached hydrogens (tertiary/aromatic N) is 1. The van der Waals surface area contributed by atoms with Crippen molar-refractivity contribution in [3.8, 4) is 22.6 Å². The first-order valence-electron chi connectivity index (χ1n) is 11.7. The van der Waals surface area contributed by atoms with E-state index in [1.807, 2.05) is 17.5 Å². The lowest BCUT2D eigenvalue weighted by Crippen LogP contribution is -2.12. The molecule has 168 valence electrons. The molecule has 3 heteroatoms. The van der Waals surface area contributed by atoms with Crippen LogP contribution in [0.2, 0.25) is 0 Å². The number of hydrogen-bond donors (Lipinski definition) is 0. The van der Waals surface area contributed by atoms with Crippen molar-refractivity contribution in [2.75, 3.05) is 0 Å². The van der Waals surface area contributed by atoms with Crippen LogP contribution in [0.25, 0.3) is 54.4 Å². The Morgan fingerprint density at radius 3 is 2.44 bits per heavy atom. The average Bonchev–Trinajstić information content (AvgIpc) is 3.36. The van der Waals surface area contributed by atoms with Crippen LogP contribution in [0.1, 0.15) is 36.8 Å². The van der Waals surface area contributed by atoms with Crippen molar-refractivity contribution in [3.05, 3.63) is 88.9 Å². The van der Waals surface area contributed by atoms with Gasteiger partial charge in [0.05, 0.1) is 0 Å². The number of rotatable bonds is 2. The topological polar surface area (TPSA) is 26.0 Å². The summed E-state index contributed by atoms with van der Waals surface area (Å²) in [5.41, 5.74) is 6.46. The lowest BCUT2D eigenvalue weighted by Gasteiger charge is -2.22. The van der Waals surface area contributed by atoms with Gasteiger partial charge in [-0.15, -0.1) is 11.3 Å². The SMILES string of the molecule is Cc1cc2ccc(-c3oc4c(-c5cc(C(C)(C)C)c6ccccc6c5)nccc4c3C)cc2s1. The smallest absolute Gasteiger partial charge is 0.161 e. The molecule has 0 aliphatic carbocycles. The summed E-state index contributed by atoms with van der Waals surface area (Å²) in [7, 11) is 0. The lowest BCUT2D eigenvalue weighted by molar-refractivity contribution is 0.596. The van der Waals surface area contributed by atoms with Gasteiger partial charge in [0.2, 0.25) is 0 Å². The summed E-state index contributed by atoms with van der Waals surface area (Å²) in [6.45, 7) is 11.1. The summed E-state index contributed by atoms with van der Waals surface area (Å²) in [5, 5.41) is 4.92. The van der Waals surface area contributed by atoms with E-state index in [-0.39, 0.29) is 5.41 Å². The summed E-state index contributed by atoms with van der Waals surface area (Å²) < 4.78 is 7.90. The van der Waals surface area contributed by atoms with Crippen molar-refractivity contribution >= 4 is 43.2 Å². The van der Waals surface area contributed by atoms with Gasteiger partial charge in [0.15, 0.2) is 5.58 Å². The molecule has 0 atom stereocenters. The first kappa shape index (κ1) is 21.1. The highest BCUT2D eigenvalue weighted by atomic mass is 32.1. The monoisotopic (exact) mass is 461 g/mol. The van der Waals surface area contributed by atoms with E-state index in [0.717, 1.165) is 39.1 Å². The van der Waals surface area contributed by atoms with Gasteiger partial charge < -0.3 is 4.42 Å². The number of fused-ring (bicyclic) bond motifs is 3. The second-order valence-electron chi connectivity index (χ2n) is 10.2. The molecule has 0 fully saturated rings. The van der Waals surface area contributed by atoms with E-state index in [1.54, 1.807) is 0 Å². The maximum Gasteiger partial charge on any atom is 0.161 e. The van der Waals surface area contributed by atoms with Gasteiger partial charge in [-0.05, 0) is 71.3 Å². The van der Waals surface area contributed by atoms with Crippen molar-refractivity contribution < 1.29 is 4.42 Å². The average molecular weight is 462 g/mol. The second-order valence-corrected chi connectivity index (χ2v) is 11.5. The molecule has 0 N–H and O–H groups in total. The van der Waals surface area contributed by atoms with E-state index in [2.05, 4.69) is 101 Å². The van der Waals surface area contributed by atoms with Crippen LogP contribution in [0, 0.1) is 13.8 Å². The molecule has 6 rings (SSSR count). The van der Waals surface area contributed by atoms with Crippen LogP contribution in [0.5, 0.6) is 0 Å². The number of aryl methyl sites for hydroxylation is 2. The molecule has 2 nitrogen and oxygen atoms in total. The van der Waals surface area contributed by atoms with Gasteiger partial charge in [-0.3, -0.25) is 4.98 Å². The zero-order chi connectivity index (χ0) is 23.6. The van der Waals surface area contributed by atoms with Crippen molar-refractivity contribution in [2.24, 2.45) is 0 Å². The van der Waals surface area contributed by atoms with Crippen molar-refractivity contribution in [1.29, 1.82) is 0 Å². The Balaban J connectivity index is 1.58. The highest BCUT2D eigenvalue weighted by Gasteiger charge is 2.21. The van der Waals surface area contributed by atoms with Crippen LogP contribution in [0.3, 0.4) is 0 Å². The summed E-state index contributed by atoms with van der Waals surface area (Å²) in [6, 6.07) is 24.1. The largest absolute Gasteiger partial charge is 0.453 e. The Bertz CT molecular complexity index is 1710.